The van der Waals surface area contributed by atoms with Gasteiger partial charge in [-0.1, -0.05) is 42.5 Å². The van der Waals surface area contributed by atoms with Gasteiger partial charge < -0.3 is 4.90 Å². The monoisotopic (exact) mass is 363 g/mol. The summed E-state index contributed by atoms with van der Waals surface area (Å²) in [7, 11) is 0. The van der Waals surface area contributed by atoms with Crippen LogP contribution in [0.3, 0.4) is 0 Å². The minimum absolute atomic E-state index is 0.114. The number of thiazole rings is 1. The van der Waals surface area contributed by atoms with Crippen molar-refractivity contribution in [2.45, 2.75) is 6.54 Å². The van der Waals surface area contributed by atoms with E-state index in [-0.39, 0.29) is 5.91 Å². The first-order valence-electron chi connectivity index (χ1n) is 8.85. The van der Waals surface area contributed by atoms with Crippen LogP contribution >= 0.6 is 11.3 Å². The van der Waals surface area contributed by atoms with Gasteiger partial charge in [-0.25, -0.2) is 4.98 Å². The first-order valence-corrected chi connectivity index (χ1v) is 9.73. The molecular formula is C21H21N3OS. The van der Waals surface area contributed by atoms with E-state index in [0.29, 0.717) is 0 Å². The van der Waals surface area contributed by atoms with Crippen LogP contribution < -0.4 is 0 Å². The van der Waals surface area contributed by atoms with Gasteiger partial charge >= 0.3 is 0 Å². The molecule has 2 aromatic carbocycles. The van der Waals surface area contributed by atoms with Crippen LogP contribution in [0, 0.1) is 0 Å². The van der Waals surface area contributed by atoms with Crippen molar-refractivity contribution >= 4 is 17.2 Å². The second-order valence-corrected chi connectivity index (χ2v) is 7.37. The summed E-state index contributed by atoms with van der Waals surface area (Å²) in [6.45, 7) is 4.31. The molecule has 4 rings (SSSR count). The number of carbonyl (C=O) groups is 1. The molecule has 0 aliphatic carbocycles. The molecule has 0 saturated carbocycles. The Balaban J connectivity index is 1.39. The molecule has 4 nitrogen and oxygen atoms in total. The number of hydrogen-bond donors (Lipinski definition) is 0. The lowest BCUT2D eigenvalue weighted by atomic mass is 10.1. The Hall–Kier alpha value is -2.50. The van der Waals surface area contributed by atoms with Gasteiger partial charge in [0, 0.05) is 55.4 Å². The quantitative estimate of drug-likeness (QED) is 0.708. The first kappa shape index (κ1) is 16.9. The summed E-state index contributed by atoms with van der Waals surface area (Å²) in [6, 6.07) is 18.3. The maximum atomic E-state index is 12.9. The van der Waals surface area contributed by atoms with Crippen molar-refractivity contribution in [3.63, 3.8) is 0 Å². The number of carbonyl (C=O) groups excluding carboxylic acids is 1. The molecule has 0 unspecified atom stereocenters. The molecule has 1 aliphatic rings. The Morgan fingerprint density at radius 2 is 1.81 bits per heavy atom. The van der Waals surface area contributed by atoms with Gasteiger partial charge in [0.2, 0.25) is 0 Å². The van der Waals surface area contributed by atoms with Gasteiger partial charge in [-0.05, 0) is 17.7 Å². The second-order valence-electron chi connectivity index (χ2n) is 6.47. The van der Waals surface area contributed by atoms with E-state index in [9.17, 15) is 4.79 Å². The zero-order chi connectivity index (χ0) is 17.8. The van der Waals surface area contributed by atoms with E-state index in [1.807, 2.05) is 40.6 Å². The van der Waals surface area contributed by atoms with Crippen LogP contribution in [-0.4, -0.2) is 46.9 Å². The van der Waals surface area contributed by atoms with E-state index in [0.717, 1.165) is 48.9 Å². The zero-order valence-electron chi connectivity index (χ0n) is 14.5. The summed E-state index contributed by atoms with van der Waals surface area (Å²) in [4.78, 5) is 21.6. The van der Waals surface area contributed by atoms with Crippen LogP contribution in [0.2, 0.25) is 0 Å². The lowest BCUT2D eigenvalue weighted by Crippen LogP contribution is -2.48. The van der Waals surface area contributed by atoms with Crippen molar-refractivity contribution in [2.75, 3.05) is 26.2 Å². The van der Waals surface area contributed by atoms with Crippen molar-refractivity contribution in [3.05, 3.63) is 77.3 Å². The normalized spacial score (nSPS) is 15.2. The molecule has 3 aromatic rings. The van der Waals surface area contributed by atoms with E-state index in [4.69, 9.17) is 0 Å². The van der Waals surface area contributed by atoms with Crippen molar-refractivity contribution in [2.24, 2.45) is 0 Å². The van der Waals surface area contributed by atoms with Crippen molar-refractivity contribution < 1.29 is 4.79 Å². The minimum atomic E-state index is 0.114. The van der Waals surface area contributed by atoms with Gasteiger partial charge in [0.25, 0.3) is 5.91 Å². The molecule has 1 aliphatic heterocycles. The van der Waals surface area contributed by atoms with E-state index >= 15 is 0 Å². The molecule has 1 aromatic heterocycles. The van der Waals surface area contributed by atoms with Crippen LogP contribution in [0.5, 0.6) is 0 Å². The number of benzene rings is 2. The number of hydrogen-bond acceptors (Lipinski definition) is 4. The van der Waals surface area contributed by atoms with Gasteiger partial charge in [-0.3, -0.25) is 9.69 Å². The Morgan fingerprint density at radius 1 is 1.00 bits per heavy atom. The lowest BCUT2D eigenvalue weighted by Gasteiger charge is -2.34. The van der Waals surface area contributed by atoms with E-state index < -0.39 is 0 Å². The van der Waals surface area contributed by atoms with E-state index in [1.165, 1.54) is 5.56 Å². The summed E-state index contributed by atoms with van der Waals surface area (Å²) in [6.07, 6.45) is 1.79. The molecule has 2 heterocycles. The number of nitrogens with zero attached hydrogens (tertiary/aromatic N) is 3. The van der Waals surface area contributed by atoms with E-state index in [1.54, 1.807) is 17.5 Å². The first-order chi connectivity index (χ1) is 12.8. The average molecular weight is 363 g/mol. The molecule has 5 heteroatoms. The SMILES string of the molecule is O=C(c1cccc(-c2nccs2)c1)N1CCN(Cc2ccccc2)CC1. The summed E-state index contributed by atoms with van der Waals surface area (Å²) in [5, 5.41) is 2.91. The number of piperazine rings is 1. The highest BCUT2D eigenvalue weighted by Crippen LogP contribution is 2.23. The van der Waals surface area contributed by atoms with E-state index in [2.05, 4.69) is 34.1 Å². The third kappa shape index (κ3) is 3.84. The topological polar surface area (TPSA) is 36.4 Å². The maximum Gasteiger partial charge on any atom is 0.253 e. The van der Waals surface area contributed by atoms with Crippen LogP contribution in [0.1, 0.15) is 15.9 Å². The predicted octanol–water partition coefficient (Wildman–Crippen LogP) is 3.77. The summed E-state index contributed by atoms with van der Waals surface area (Å²) < 4.78 is 0. The summed E-state index contributed by atoms with van der Waals surface area (Å²) in [5.74, 6) is 0.114. The molecule has 0 N–H and O–H groups in total. The zero-order valence-corrected chi connectivity index (χ0v) is 15.4. The lowest BCUT2D eigenvalue weighted by molar-refractivity contribution is 0.0628. The molecular weight excluding hydrogens is 342 g/mol. The fourth-order valence-corrected chi connectivity index (χ4v) is 3.92. The molecule has 1 fully saturated rings. The number of rotatable bonds is 4. The Kier molecular flexibility index (Phi) is 5.09. The van der Waals surface area contributed by atoms with Gasteiger partial charge in [-0.15, -0.1) is 11.3 Å². The Bertz CT molecular complexity index is 856. The van der Waals surface area contributed by atoms with Crippen LogP contribution in [0.15, 0.2) is 66.2 Å². The van der Waals surface area contributed by atoms with Crippen molar-refractivity contribution in [1.82, 2.24) is 14.8 Å². The summed E-state index contributed by atoms with van der Waals surface area (Å²) >= 11 is 1.59. The standard InChI is InChI=1S/C21H21N3OS/c25-21(19-8-4-7-18(15-19)20-22-9-14-26-20)24-12-10-23(11-13-24)16-17-5-2-1-3-6-17/h1-9,14-15H,10-13,16H2. The largest absolute Gasteiger partial charge is 0.336 e. The molecule has 0 radical (unpaired) electrons. The minimum Gasteiger partial charge on any atom is -0.336 e. The van der Waals surface area contributed by atoms with Crippen LogP contribution in [0.25, 0.3) is 10.6 Å². The highest BCUT2D eigenvalue weighted by Gasteiger charge is 2.22. The Morgan fingerprint density at radius 3 is 2.54 bits per heavy atom. The summed E-state index contributed by atoms with van der Waals surface area (Å²) in [5.41, 5.74) is 3.08. The average Bonchev–Trinajstić information content (AvgIpc) is 3.24. The molecule has 132 valence electrons. The van der Waals surface area contributed by atoms with Gasteiger partial charge in [0.1, 0.15) is 5.01 Å². The third-order valence-electron chi connectivity index (χ3n) is 4.70. The van der Waals surface area contributed by atoms with Gasteiger partial charge in [-0.2, -0.15) is 0 Å². The molecule has 1 saturated heterocycles. The maximum absolute atomic E-state index is 12.9. The smallest absolute Gasteiger partial charge is 0.253 e. The number of amides is 1. The highest BCUT2D eigenvalue weighted by atomic mass is 32.1. The molecule has 0 bridgehead atoms. The molecule has 26 heavy (non-hydrogen) atoms. The van der Waals surface area contributed by atoms with Gasteiger partial charge in [0.15, 0.2) is 0 Å². The predicted molar refractivity (Wildman–Crippen MR) is 105 cm³/mol. The third-order valence-corrected chi connectivity index (χ3v) is 5.52. The molecule has 0 atom stereocenters. The fourth-order valence-electron chi connectivity index (χ4n) is 3.28. The molecule has 1 amide bonds. The van der Waals surface area contributed by atoms with Crippen LogP contribution in [0.4, 0.5) is 0 Å². The molecule has 0 spiro atoms. The highest BCUT2D eigenvalue weighted by molar-refractivity contribution is 7.13. The van der Waals surface area contributed by atoms with Crippen molar-refractivity contribution in [1.29, 1.82) is 0 Å². The number of aromatic nitrogens is 1. The van der Waals surface area contributed by atoms with Gasteiger partial charge in [0.05, 0.1) is 0 Å². The fraction of sp³-hybridized carbons (Fsp3) is 0.238. The Labute approximate surface area is 157 Å². The second kappa shape index (κ2) is 7.81. The van der Waals surface area contributed by atoms with Crippen molar-refractivity contribution in [3.8, 4) is 10.6 Å². The van der Waals surface area contributed by atoms with Crippen LogP contribution in [-0.2, 0) is 6.54 Å².